The summed E-state index contributed by atoms with van der Waals surface area (Å²) in [6.45, 7) is 17.5. The van der Waals surface area contributed by atoms with E-state index in [2.05, 4.69) is 55.4 Å². The molecule has 0 bridgehead atoms. The highest BCUT2D eigenvalue weighted by molar-refractivity contribution is 5.89. The van der Waals surface area contributed by atoms with Crippen LogP contribution in [-0.4, -0.2) is 121 Å². The number of carbonyl (C=O) groups excluding carboxylic acids is 3. The van der Waals surface area contributed by atoms with Crippen LogP contribution in [0.15, 0.2) is 67.0 Å². The van der Waals surface area contributed by atoms with Gasteiger partial charge in [0.2, 0.25) is 18.3 Å². The number of carbonyl (C=O) groups is 3. The molecule has 4 N–H and O–H groups in total. The summed E-state index contributed by atoms with van der Waals surface area (Å²) in [5.74, 6) is 4.73. The van der Waals surface area contributed by atoms with E-state index in [1.807, 2.05) is 91.5 Å². The van der Waals surface area contributed by atoms with E-state index in [-0.39, 0.29) is 40.6 Å². The molecular weight excluding hydrogens is 879 g/mol. The molecule has 2 aromatic carbocycles. The van der Waals surface area contributed by atoms with E-state index >= 15 is 0 Å². The third-order valence-corrected chi connectivity index (χ3v) is 15.7. The lowest BCUT2D eigenvalue weighted by Gasteiger charge is -2.59. The summed E-state index contributed by atoms with van der Waals surface area (Å²) < 4.78 is 0. The second-order valence-corrected chi connectivity index (χ2v) is 21.6. The number of para-hydroxylation sites is 1. The molecule has 3 atom stereocenters. The van der Waals surface area contributed by atoms with Crippen molar-refractivity contribution in [3.05, 3.63) is 94.9 Å². The number of nitrogens with zero attached hydrogens (tertiary/aromatic N) is 8. The number of likely N-dealkylation sites (tertiary alicyclic amines) is 3. The Kier molecular flexibility index (Phi) is 14.2. The smallest absolute Gasteiger partial charge is 0.318 e. The monoisotopic (exact) mass is 948 g/mol. The molecule has 3 saturated heterocycles. The fraction of sp³-hybridized carbons (Fsp3) is 0.509. The number of phenols is 1. The van der Waals surface area contributed by atoms with Gasteiger partial charge in [0.25, 0.3) is 0 Å². The summed E-state index contributed by atoms with van der Waals surface area (Å²) in [5.41, 5.74) is 7.49. The van der Waals surface area contributed by atoms with Gasteiger partial charge < -0.3 is 40.3 Å². The number of terminal acetylenes is 1. The average molecular weight is 948 g/mol. The van der Waals surface area contributed by atoms with Gasteiger partial charge in [-0.25, -0.2) is 14.8 Å². The predicted octanol–water partition coefficient (Wildman–Crippen LogP) is 7.57. The van der Waals surface area contributed by atoms with Crippen LogP contribution in [0, 0.1) is 29.1 Å². The Balaban J connectivity index is 0.000000445. The zero-order valence-corrected chi connectivity index (χ0v) is 41.5. The quantitative estimate of drug-likeness (QED) is 0.0764. The van der Waals surface area contributed by atoms with Crippen LogP contribution in [-0.2, 0) is 22.6 Å². The van der Waals surface area contributed by atoms with Crippen LogP contribution in [0.5, 0.6) is 5.75 Å². The fourth-order valence-electron chi connectivity index (χ4n) is 11.7. The summed E-state index contributed by atoms with van der Waals surface area (Å²) in [5, 5.41) is 26.1. The molecule has 1 spiro atoms. The molecule has 70 heavy (non-hydrogen) atoms. The molecule has 1 saturated carbocycles. The zero-order chi connectivity index (χ0) is 49.2. The minimum atomic E-state index is -0.508. The number of urea groups is 1. The van der Waals surface area contributed by atoms with Crippen molar-refractivity contribution in [3.63, 3.8) is 0 Å². The molecule has 5 aliphatic rings. The molecule has 4 fully saturated rings. The standard InChI is InChI=1S/C45H60N10O3.C10H9NO/c1-28-9-8-16-54(28)41(57)39(44(3,4)5)49-43(58)53-26-45(27-53)22-30(23-45)12-17-52-18-13-31(14-19-52)32-24-46-42(47-25-32)55-20-15-35-38(29(55)2)34-21-36(50-51-40(34)48-35)33-10-6-7-11-37(33)56;1-2-9-3-5-10(6-4-9)7-11-8-12/h6-7,10-11,21,24-25,28-31,39,56H,8-9,12-20,22-23,26-27H2,1-5H3,(H,48,51)(H,49,58);1,3-6,8H,7H2,(H,11,12). The number of benzene rings is 2. The van der Waals surface area contributed by atoms with Gasteiger partial charge in [-0.1, -0.05) is 51.0 Å². The van der Waals surface area contributed by atoms with Gasteiger partial charge in [0.1, 0.15) is 11.8 Å². The van der Waals surface area contributed by atoms with E-state index in [0.29, 0.717) is 30.1 Å². The van der Waals surface area contributed by atoms with Gasteiger partial charge in [0, 0.05) is 90.8 Å². The topological polar surface area (TPSA) is 176 Å². The van der Waals surface area contributed by atoms with Crippen molar-refractivity contribution >= 4 is 35.3 Å². The van der Waals surface area contributed by atoms with Crippen LogP contribution in [0.4, 0.5) is 10.7 Å². The molecule has 10 rings (SSSR count). The molecule has 1 aliphatic carbocycles. The van der Waals surface area contributed by atoms with E-state index in [1.165, 1.54) is 36.1 Å². The lowest BCUT2D eigenvalue weighted by Crippen LogP contribution is -2.67. The SMILES string of the molecule is C#Cc1ccc(CNC=O)cc1.CC1CCCN1C(=O)C(NC(=O)N1CC2(CC(CCN3CCC(c4cnc(N5CCc6[nH]c7nnc(-c8ccccc8O)cc7c6C5C)nc4)CC3)C2)C1)C(C)(C)C. The number of anilines is 1. The van der Waals surface area contributed by atoms with E-state index in [0.717, 1.165) is 112 Å². The molecule has 3 unspecified atom stereocenters. The van der Waals surface area contributed by atoms with Gasteiger partial charge >= 0.3 is 6.03 Å². The second-order valence-electron chi connectivity index (χ2n) is 21.6. The van der Waals surface area contributed by atoms with Crippen molar-refractivity contribution in [2.24, 2.45) is 16.7 Å². The van der Waals surface area contributed by atoms with Crippen molar-refractivity contribution in [2.75, 3.05) is 50.7 Å². The number of aromatic amines is 1. The molecule has 4 aliphatic heterocycles. The highest BCUT2D eigenvalue weighted by Crippen LogP contribution is 2.53. The maximum absolute atomic E-state index is 13.4. The molecule has 0 radical (unpaired) electrons. The Morgan fingerprint density at radius 1 is 0.986 bits per heavy atom. The Morgan fingerprint density at radius 3 is 2.37 bits per heavy atom. The third kappa shape index (κ3) is 10.3. The fourth-order valence-corrected chi connectivity index (χ4v) is 11.7. The molecule has 4 amide bonds. The summed E-state index contributed by atoms with van der Waals surface area (Å²) in [7, 11) is 0. The van der Waals surface area contributed by atoms with Crippen LogP contribution in [0.3, 0.4) is 0 Å². The molecule has 15 heteroatoms. The van der Waals surface area contributed by atoms with E-state index in [9.17, 15) is 19.5 Å². The van der Waals surface area contributed by atoms with Crippen molar-refractivity contribution in [3.8, 4) is 29.4 Å². The number of aromatic nitrogens is 5. The Bertz CT molecular complexity index is 2690. The third-order valence-electron chi connectivity index (χ3n) is 15.7. The summed E-state index contributed by atoms with van der Waals surface area (Å²) in [6, 6.07) is 16.5. The lowest BCUT2D eigenvalue weighted by atomic mass is 9.57. The number of rotatable bonds is 11. The molecular formula is C55H69N11O4. The molecule has 5 aromatic rings. The molecule has 15 nitrogen and oxygen atoms in total. The molecule has 368 valence electrons. The molecule has 7 heterocycles. The number of nitrogens with one attached hydrogen (secondary N) is 3. The number of fused-ring (bicyclic) bond motifs is 3. The minimum absolute atomic E-state index is 0.0491. The second kappa shape index (κ2) is 20.4. The Labute approximate surface area is 412 Å². The van der Waals surface area contributed by atoms with E-state index in [1.54, 1.807) is 6.07 Å². The van der Waals surface area contributed by atoms with Crippen LogP contribution in [0.1, 0.15) is 119 Å². The zero-order valence-electron chi connectivity index (χ0n) is 41.5. The average Bonchev–Trinajstić information content (AvgIpc) is 3.95. The predicted molar refractivity (Wildman–Crippen MR) is 272 cm³/mol. The first kappa shape index (κ1) is 48.5. The maximum atomic E-state index is 13.4. The maximum Gasteiger partial charge on any atom is 0.318 e. The van der Waals surface area contributed by atoms with Crippen LogP contribution >= 0.6 is 0 Å². The number of hydrogen-bond acceptors (Lipinski definition) is 10. The van der Waals surface area contributed by atoms with Crippen molar-refractivity contribution in [1.29, 1.82) is 0 Å². The number of H-pyrrole nitrogens is 1. The number of amides is 4. The van der Waals surface area contributed by atoms with Gasteiger partial charge in [-0.05, 0) is 137 Å². The van der Waals surface area contributed by atoms with Crippen LogP contribution in [0.25, 0.3) is 22.3 Å². The van der Waals surface area contributed by atoms with Gasteiger partial charge in [-0.2, -0.15) is 0 Å². The lowest BCUT2D eigenvalue weighted by molar-refractivity contribution is -0.136. The van der Waals surface area contributed by atoms with Crippen molar-refractivity contribution < 1.29 is 19.5 Å². The largest absolute Gasteiger partial charge is 0.507 e. The Hall–Kier alpha value is -6.53. The first-order valence-electron chi connectivity index (χ1n) is 25.3. The normalized spacial score (nSPS) is 20.7. The van der Waals surface area contributed by atoms with Gasteiger partial charge in [0.05, 0.1) is 11.7 Å². The number of phenolic OH excluding ortho intramolecular Hbond substituents is 1. The summed E-state index contributed by atoms with van der Waals surface area (Å²) in [6.07, 6.45) is 18.7. The molecule has 3 aromatic heterocycles. The summed E-state index contributed by atoms with van der Waals surface area (Å²) >= 11 is 0. The van der Waals surface area contributed by atoms with E-state index in [4.69, 9.17) is 16.4 Å². The number of piperidine rings is 1. The number of hydrogen-bond donors (Lipinski definition) is 4. The van der Waals surface area contributed by atoms with Gasteiger partial charge in [-0.3, -0.25) is 9.59 Å². The van der Waals surface area contributed by atoms with Crippen LogP contribution < -0.4 is 15.5 Å². The first-order chi connectivity index (χ1) is 33.7. The highest BCUT2D eigenvalue weighted by Gasteiger charge is 2.54. The van der Waals surface area contributed by atoms with E-state index < -0.39 is 6.04 Å². The minimum Gasteiger partial charge on any atom is -0.507 e. The first-order valence-corrected chi connectivity index (χ1v) is 25.3. The van der Waals surface area contributed by atoms with Gasteiger partial charge in [-0.15, -0.1) is 16.6 Å². The van der Waals surface area contributed by atoms with Crippen molar-refractivity contribution in [2.45, 2.75) is 117 Å². The number of aromatic hydroxyl groups is 1. The van der Waals surface area contributed by atoms with Crippen LogP contribution in [0.2, 0.25) is 0 Å². The Morgan fingerprint density at radius 2 is 1.71 bits per heavy atom. The van der Waals surface area contributed by atoms with Gasteiger partial charge in [0.15, 0.2) is 5.65 Å². The summed E-state index contributed by atoms with van der Waals surface area (Å²) in [4.78, 5) is 58.8. The van der Waals surface area contributed by atoms with Crippen molar-refractivity contribution in [1.82, 2.24) is 50.5 Å². The highest BCUT2D eigenvalue weighted by atomic mass is 16.3.